The van der Waals surface area contributed by atoms with Crippen LogP contribution in [0.5, 0.6) is 11.5 Å². The summed E-state index contributed by atoms with van der Waals surface area (Å²) in [7, 11) is 1.72. The van der Waals surface area contributed by atoms with Crippen molar-refractivity contribution in [3.63, 3.8) is 0 Å². The van der Waals surface area contributed by atoms with E-state index in [0.717, 1.165) is 50.2 Å². The number of unbranched alkanes of at least 4 members (excludes halogenated alkanes) is 1. The molecular formula is C25H33FN2O3. The van der Waals surface area contributed by atoms with E-state index in [2.05, 4.69) is 29.3 Å². The molecule has 2 aromatic rings. The first kappa shape index (κ1) is 23.1. The molecule has 0 saturated carbocycles. The van der Waals surface area contributed by atoms with Crippen molar-refractivity contribution in [2.45, 2.75) is 39.7 Å². The number of ether oxygens (including phenoxy) is 2. The summed E-state index contributed by atoms with van der Waals surface area (Å²) < 4.78 is 23.2. The SMILES string of the molecule is COc1cc2c(cc1C)CN(CCCCNC(=O)c1cc(C)ccc1OCC[18F])CC2. The summed E-state index contributed by atoms with van der Waals surface area (Å²) in [5.74, 6) is 1.23. The quantitative estimate of drug-likeness (QED) is 0.577. The van der Waals surface area contributed by atoms with Gasteiger partial charge in [-0.05, 0) is 74.5 Å². The number of nitrogens with one attached hydrogen (secondary N) is 1. The van der Waals surface area contributed by atoms with E-state index in [4.69, 9.17) is 9.47 Å². The number of fused-ring (bicyclic) bond motifs is 1. The zero-order valence-electron chi connectivity index (χ0n) is 18.8. The highest BCUT2D eigenvalue weighted by atomic mass is 18.2. The van der Waals surface area contributed by atoms with Crippen molar-refractivity contribution >= 4 is 5.91 Å². The summed E-state index contributed by atoms with van der Waals surface area (Å²) in [6.45, 7) is 7.01. The lowest BCUT2D eigenvalue weighted by Gasteiger charge is -2.29. The molecule has 1 heterocycles. The van der Waals surface area contributed by atoms with Crippen LogP contribution in [-0.4, -0.2) is 50.8 Å². The average Bonchev–Trinajstić information content (AvgIpc) is 2.77. The summed E-state index contributed by atoms with van der Waals surface area (Å²) in [5.41, 5.74) is 5.38. The Morgan fingerprint density at radius 3 is 2.74 bits per heavy atom. The van der Waals surface area contributed by atoms with Gasteiger partial charge in [0.25, 0.3) is 5.91 Å². The van der Waals surface area contributed by atoms with Crippen LogP contribution in [0.1, 0.15) is 45.5 Å². The zero-order chi connectivity index (χ0) is 22.2. The maximum Gasteiger partial charge on any atom is 0.255 e. The molecule has 0 saturated heterocycles. The standard InChI is InChI=1S/C25H33FN2O3/c1-18-6-7-23(31-13-9-26)22(14-18)25(29)27-10-4-5-11-28-12-8-20-16-24(30-3)19(2)15-21(20)17-28/h6-7,14-16H,4-5,8-13,17H2,1-3H3,(H,27,29)/i26-1. The van der Waals surface area contributed by atoms with Gasteiger partial charge < -0.3 is 14.8 Å². The maximum atomic E-state index is 12.6. The summed E-state index contributed by atoms with van der Waals surface area (Å²) in [5, 5.41) is 2.97. The van der Waals surface area contributed by atoms with Crippen LogP contribution in [0.4, 0.5) is 4.39 Å². The molecule has 31 heavy (non-hydrogen) atoms. The lowest BCUT2D eigenvalue weighted by Crippen LogP contribution is -2.32. The molecule has 0 radical (unpaired) electrons. The van der Waals surface area contributed by atoms with Gasteiger partial charge in [-0.15, -0.1) is 0 Å². The van der Waals surface area contributed by atoms with Gasteiger partial charge in [0.1, 0.15) is 24.8 Å². The molecule has 0 bridgehead atoms. The van der Waals surface area contributed by atoms with Crippen molar-refractivity contribution < 1.29 is 18.7 Å². The number of hydrogen-bond acceptors (Lipinski definition) is 4. The largest absolute Gasteiger partial charge is 0.496 e. The fourth-order valence-electron chi connectivity index (χ4n) is 4.03. The van der Waals surface area contributed by atoms with E-state index in [1.54, 1.807) is 19.2 Å². The van der Waals surface area contributed by atoms with E-state index in [9.17, 15) is 9.18 Å². The molecule has 6 heteroatoms. The third kappa shape index (κ3) is 6.20. The molecule has 168 valence electrons. The van der Waals surface area contributed by atoms with Gasteiger partial charge in [0.05, 0.1) is 12.7 Å². The first-order valence-corrected chi connectivity index (χ1v) is 11.0. The van der Waals surface area contributed by atoms with E-state index in [-0.39, 0.29) is 12.5 Å². The zero-order valence-corrected chi connectivity index (χ0v) is 18.8. The van der Waals surface area contributed by atoms with Crippen molar-refractivity contribution in [2.75, 3.05) is 40.0 Å². The Morgan fingerprint density at radius 2 is 1.97 bits per heavy atom. The van der Waals surface area contributed by atoms with Crippen molar-refractivity contribution in [2.24, 2.45) is 0 Å². The third-order valence-electron chi connectivity index (χ3n) is 5.71. The molecule has 1 amide bonds. The molecule has 1 N–H and O–H groups in total. The first-order valence-electron chi connectivity index (χ1n) is 11.0. The van der Waals surface area contributed by atoms with Gasteiger partial charge in [-0.2, -0.15) is 0 Å². The monoisotopic (exact) mass is 427 g/mol. The Bertz CT molecular complexity index is 901. The summed E-state index contributed by atoms with van der Waals surface area (Å²) in [6.07, 6.45) is 2.96. The van der Waals surface area contributed by atoms with Gasteiger partial charge in [-0.25, -0.2) is 4.39 Å². The van der Waals surface area contributed by atoms with E-state index in [1.165, 1.54) is 16.7 Å². The minimum Gasteiger partial charge on any atom is -0.496 e. The molecule has 1 aliphatic rings. The molecule has 0 aliphatic carbocycles. The fourth-order valence-corrected chi connectivity index (χ4v) is 4.03. The Morgan fingerprint density at radius 1 is 1.13 bits per heavy atom. The number of nitrogens with zero attached hydrogens (tertiary/aromatic N) is 1. The number of methoxy groups -OCH3 is 1. The second-order valence-corrected chi connectivity index (χ2v) is 8.12. The van der Waals surface area contributed by atoms with Crippen LogP contribution in [0, 0.1) is 13.8 Å². The second kappa shape index (κ2) is 11.1. The first-order chi connectivity index (χ1) is 15.0. The second-order valence-electron chi connectivity index (χ2n) is 8.12. The number of carbonyl (C=O) groups is 1. The molecule has 1 aliphatic heterocycles. The van der Waals surface area contributed by atoms with Gasteiger partial charge in [-0.1, -0.05) is 17.7 Å². The highest BCUT2D eigenvalue weighted by Gasteiger charge is 2.18. The van der Waals surface area contributed by atoms with Gasteiger partial charge in [0.2, 0.25) is 0 Å². The van der Waals surface area contributed by atoms with Crippen molar-refractivity contribution in [3.05, 3.63) is 58.1 Å². The predicted molar refractivity (Wildman–Crippen MR) is 121 cm³/mol. The number of carbonyl (C=O) groups excluding carboxylic acids is 1. The van der Waals surface area contributed by atoms with Gasteiger partial charge >= 0.3 is 0 Å². The van der Waals surface area contributed by atoms with Crippen LogP contribution in [0.25, 0.3) is 0 Å². The van der Waals surface area contributed by atoms with Crippen molar-refractivity contribution in [1.82, 2.24) is 10.2 Å². The Labute approximate surface area is 184 Å². The van der Waals surface area contributed by atoms with Crippen molar-refractivity contribution in [3.8, 4) is 11.5 Å². The minimum absolute atomic E-state index is 0.0470. The summed E-state index contributed by atoms with van der Waals surface area (Å²) >= 11 is 0. The minimum atomic E-state index is -0.580. The molecule has 5 nitrogen and oxygen atoms in total. The van der Waals surface area contributed by atoms with Crippen LogP contribution < -0.4 is 14.8 Å². The average molecular weight is 428 g/mol. The topological polar surface area (TPSA) is 50.8 Å². The molecule has 0 fully saturated rings. The number of benzene rings is 2. The van der Waals surface area contributed by atoms with Crippen LogP contribution >= 0.6 is 0 Å². The molecule has 0 unspecified atom stereocenters. The Balaban J connectivity index is 1.43. The number of alkyl halides is 1. The van der Waals surface area contributed by atoms with E-state index >= 15 is 0 Å². The summed E-state index contributed by atoms with van der Waals surface area (Å²) in [6, 6.07) is 9.79. The van der Waals surface area contributed by atoms with Crippen LogP contribution in [0.2, 0.25) is 0 Å². The third-order valence-corrected chi connectivity index (χ3v) is 5.71. The van der Waals surface area contributed by atoms with E-state index < -0.39 is 6.67 Å². The Hall–Kier alpha value is -2.60. The number of halogens is 1. The molecular weight excluding hydrogens is 394 g/mol. The van der Waals surface area contributed by atoms with Crippen LogP contribution in [0.3, 0.4) is 0 Å². The highest BCUT2D eigenvalue weighted by Crippen LogP contribution is 2.27. The smallest absolute Gasteiger partial charge is 0.255 e. The van der Waals surface area contributed by atoms with Crippen LogP contribution in [-0.2, 0) is 13.0 Å². The Kier molecular flexibility index (Phi) is 8.29. The molecule has 2 aromatic carbocycles. The molecule has 0 aromatic heterocycles. The summed E-state index contributed by atoms with van der Waals surface area (Å²) in [4.78, 5) is 15.0. The lowest BCUT2D eigenvalue weighted by atomic mass is 9.97. The molecule has 3 rings (SSSR count). The van der Waals surface area contributed by atoms with E-state index in [0.29, 0.717) is 17.9 Å². The predicted octanol–water partition coefficient (Wildman–Crippen LogP) is 4.23. The van der Waals surface area contributed by atoms with Crippen molar-refractivity contribution in [1.29, 1.82) is 0 Å². The highest BCUT2D eigenvalue weighted by molar-refractivity contribution is 5.97. The molecule has 0 atom stereocenters. The fraction of sp³-hybridized carbons (Fsp3) is 0.480. The van der Waals surface area contributed by atoms with E-state index in [1.807, 2.05) is 13.0 Å². The number of rotatable bonds is 10. The lowest BCUT2D eigenvalue weighted by molar-refractivity contribution is 0.0947. The number of amides is 1. The van der Waals surface area contributed by atoms with Gasteiger partial charge in [-0.3, -0.25) is 9.69 Å². The maximum absolute atomic E-state index is 12.6. The number of aryl methyl sites for hydroxylation is 2. The molecule has 0 spiro atoms. The van der Waals surface area contributed by atoms with Gasteiger partial charge in [0, 0.05) is 19.6 Å². The van der Waals surface area contributed by atoms with Gasteiger partial charge in [0.15, 0.2) is 0 Å². The normalized spacial score (nSPS) is 13.5. The number of hydrogen-bond donors (Lipinski definition) is 1. The van der Waals surface area contributed by atoms with Crippen LogP contribution in [0.15, 0.2) is 30.3 Å².